The number of thiol groups is 2. The first-order valence-electron chi connectivity index (χ1n) is 3.22. The number of hydrogen-bond donors (Lipinski definition) is 3. The number of allylic oxidation sites excluding steroid dienone is 2. The van der Waals surface area contributed by atoms with Crippen molar-refractivity contribution in [3.05, 3.63) is 23.9 Å². The maximum Gasteiger partial charge on any atom is 0.0532 e. The third-order valence-corrected chi connectivity index (χ3v) is 2.11. The molecule has 1 nitrogen and oxygen atoms in total. The Morgan fingerprint density at radius 3 is 2.90 bits per heavy atom. The van der Waals surface area contributed by atoms with Crippen LogP contribution in [-0.2, 0) is 0 Å². The molecule has 0 aromatic rings. The normalized spacial score (nSPS) is 23.8. The highest BCUT2D eigenvalue weighted by Gasteiger charge is 2.05. The first-order valence-corrected chi connectivity index (χ1v) is 4.49. The molecule has 0 saturated heterocycles. The summed E-state index contributed by atoms with van der Waals surface area (Å²) in [4.78, 5) is 0. The molecular formula is C7H11NS2. The van der Waals surface area contributed by atoms with E-state index in [1.807, 2.05) is 12.2 Å². The van der Waals surface area contributed by atoms with E-state index in [0.717, 1.165) is 11.5 Å². The molecule has 1 rings (SSSR count). The zero-order valence-corrected chi connectivity index (χ0v) is 7.41. The fourth-order valence-corrected chi connectivity index (χ4v) is 1.25. The summed E-state index contributed by atoms with van der Waals surface area (Å²) in [5.41, 5.74) is 1.17. The van der Waals surface area contributed by atoms with Gasteiger partial charge < -0.3 is 5.32 Å². The molecule has 1 heterocycles. The average Bonchev–Trinajstić information content (AvgIpc) is 2.05. The van der Waals surface area contributed by atoms with Gasteiger partial charge in [0.2, 0.25) is 0 Å². The second-order valence-corrected chi connectivity index (χ2v) is 2.85. The molecule has 1 aliphatic heterocycles. The van der Waals surface area contributed by atoms with Crippen LogP contribution in [0.15, 0.2) is 23.9 Å². The van der Waals surface area contributed by atoms with Crippen LogP contribution in [-0.4, -0.2) is 17.5 Å². The molecule has 0 amide bonds. The Kier molecular flexibility index (Phi) is 3.22. The van der Waals surface area contributed by atoms with Gasteiger partial charge in [0.1, 0.15) is 0 Å². The molecule has 0 aromatic heterocycles. The molecule has 10 heavy (non-hydrogen) atoms. The van der Waals surface area contributed by atoms with Gasteiger partial charge in [-0.1, -0.05) is 12.2 Å². The molecular weight excluding hydrogens is 162 g/mol. The second-order valence-electron chi connectivity index (χ2n) is 2.17. The van der Waals surface area contributed by atoms with Gasteiger partial charge in [0.05, 0.1) is 6.04 Å². The van der Waals surface area contributed by atoms with Crippen molar-refractivity contribution in [3.63, 3.8) is 0 Å². The predicted molar refractivity (Wildman–Crippen MR) is 51.9 cm³/mol. The molecule has 1 N–H and O–H groups in total. The molecule has 56 valence electrons. The van der Waals surface area contributed by atoms with Crippen LogP contribution < -0.4 is 5.32 Å². The lowest BCUT2D eigenvalue weighted by Crippen LogP contribution is -2.30. The van der Waals surface area contributed by atoms with Crippen molar-refractivity contribution < 1.29 is 0 Å². The second kappa shape index (κ2) is 3.98. The Labute approximate surface area is 72.4 Å². The summed E-state index contributed by atoms with van der Waals surface area (Å²) >= 11 is 8.33. The predicted octanol–water partition coefficient (Wildman–Crippen LogP) is 1.26. The minimum Gasteiger partial charge on any atom is -0.381 e. The van der Waals surface area contributed by atoms with Gasteiger partial charge in [0.15, 0.2) is 0 Å². The summed E-state index contributed by atoms with van der Waals surface area (Å²) in [5, 5.41) is 3.27. The highest BCUT2D eigenvalue weighted by Crippen LogP contribution is 2.04. The smallest absolute Gasteiger partial charge is 0.0532 e. The summed E-state index contributed by atoms with van der Waals surface area (Å²) in [6.45, 7) is 0. The fourth-order valence-electron chi connectivity index (χ4n) is 0.845. The maximum atomic E-state index is 4.18. The monoisotopic (exact) mass is 173 g/mol. The van der Waals surface area contributed by atoms with Crippen molar-refractivity contribution in [2.45, 2.75) is 6.04 Å². The number of hydrogen-bond acceptors (Lipinski definition) is 3. The molecule has 1 atom stereocenters. The van der Waals surface area contributed by atoms with E-state index in [9.17, 15) is 0 Å². The van der Waals surface area contributed by atoms with E-state index in [-0.39, 0.29) is 0 Å². The summed E-state index contributed by atoms with van der Waals surface area (Å²) in [6.07, 6.45) is 6.18. The van der Waals surface area contributed by atoms with Crippen molar-refractivity contribution >= 4 is 25.3 Å². The van der Waals surface area contributed by atoms with Gasteiger partial charge in [-0.2, -0.15) is 25.3 Å². The average molecular weight is 173 g/mol. The van der Waals surface area contributed by atoms with E-state index < -0.39 is 0 Å². The van der Waals surface area contributed by atoms with Crippen LogP contribution in [0.2, 0.25) is 0 Å². The summed E-state index contributed by atoms with van der Waals surface area (Å²) in [7, 11) is 0. The third kappa shape index (κ3) is 1.99. The summed E-state index contributed by atoms with van der Waals surface area (Å²) < 4.78 is 0. The third-order valence-electron chi connectivity index (χ3n) is 1.38. The van der Waals surface area contributed by atoms with Crippen molar-refractivity contribution in [2.75, 3.05) is 11.5 Å². The van der Waals surface area contributed by atoms with E-state index in [0.29, 0.717) is 6.04 Å². The Bertz CT molecular complexity index is 163. The SMILES string of the molecule is SCC1=CC=CC(CS)N1. The molecule has 0 fully saturated rings. The zero-order chi connectivity index (χ0) is 7.40. The van der Waals surface area contributed by atoms with Crippen LogP contribution >= 0.6 is 25.3 Å². The lowest BCUT2D eigenvalue weighted by atomic mass is 10.2. The van der Waals surface area contributed by atoms with Crippen molar-refractivity contribution in [1.82, 2.24) is 5.32 Å². The van der Waals surface area contributed by atoms with Gasteiger partial charge >= 0.3 is 0 Å². The molecule has 0 saturated carbocycles. The first kappa shape index (κ1) is 8.08. The van der Waals surface area contributed by atoms with E-state index in [1.165, 1.54) is 5.70 Å². The molecule has 0 spiro atoms. The minimum absolute atomic E-state index is 0.385. The van der Waals surface area contributed by atoms with Crippen LogP contribution in [0.4, 0.5) is 0 Å². The Balaban J connectivity index is 2.50. The van der Waals surface area contributed by atoms with E-state index >= 15 is 0 Å². The molecule has 3 heteroatoms. The van der Waals surface area contributed by atoms with Gasteiger partial charge in [-0.3, -0.25) is 0 Å². The maximum absolute atomic E-state index is 4.18. The quantitative estimate of drug-likeness (QED) is 0.534. The molecule has 0 bridgehead atoms. The van der Waals surface area contributed by atoms with Crippen LogP contribution in [0.25, 0.3) is 0 Å². The van der Waals surface area contributed by atoms with Gasteiger partial charge in [-0.15, -0.1) is 0 Å². The van der Waals surface area contributed by atoms with E-state index in [4.69, 9.17) is 0 Å². The summed E-state index contributed by atoms with van der Waals surface area (Å²) in [6, 6.07) is 0.385. The lowest BCUT2D eigenvalue weighted by Gasteiger charge is -2.18. The number of nitrogens with one attached hydrogen (secondary N) is 1. The van der Waals surface area contributed by atoms with Gasteiger partial charge in [-0.05, 0) is 6.08 Å². The first-order chi connectivity index (χ1) is 4.86. The van der Waals surface area contributed by atoms with Crippen molar-refractivity contribution in [2.24, 2.45) is 0 Å². The Hall–Kier alpha value is -0.0200. The van der Waals surface area contributed by atoms with Crippen molar-refractivity contribution in [1.29, 1.82) is 0 Å². The fraction of sp³-hybridized carbons (Fsp3) is 0.429. The van der Waals surface area contributed by atoms with Gasteiger partial charge in [0.25, 0.3) is 0 Å². The standard InChI is InChI=1S/C7H11NS2/c9-4-6-2-1-3-7(5-10)8-6/h1-3,6,8-10H,4-5H2. The van der Waals surface area contributed by atoms with Crippen LogP contribution in [0.1, 0.15) is 0 Å². The highest BCUT2D eigenvalue weighted by atomic mass is 32.1. The van der Waals surface area contributed by atoms with Crippen LogP contribution in [0.5, 0.6) is 0 Å². The lowest BCUT2D eigenvalue weighted by molar-refractivity contribution is 0.731. The molecule has 0 radical (unpaired) electrons. The Morgan fingerprint density at radius 2 is 2.30 bits per heavy atom. The number of rotatable bonds is 2. The topological polar surface area (TPSA) is 12.0 Å². The van der Waals surface area contributed by atoms with E-state index in [1.54, 1.807) is 0 Å². The number of dihydropyridines is 1. The van der Waals surface area contributed by atoms with Gasteiger partial charge in [0, 0.05) is 17.2 Å². The van der Waals surface area contributed by atoms with Crippen LogP contribution in [0, 0.1) is 0 Å². The molecule has 0 aromatic carbocycles. The van der Waals surface area contributed by atoms with Gasteiger partial charge in [-0.25, -0.2) is 0 Å². The zero-order valence-electron chi connectivity index (χ0n) is 5.62. The summed E-state index contributed by atoms with van der Waals surface area (Å²) in [5.74, 6) is 1.61. The molecule has 0 aliphatic carbocycles. The Morgan fingerprint density at radius 1 is 1.50 bits per heavy atom. The molecule has 1 aliphatic rings. The van der Waals surface area contributed by atoms with Crippen LogP contribution in [0.3, 0.4) is 0 Å². The van der Waals surface area contributed by atoms with E-state index in [2.05, 4.69) is 36.7 Å². The largest absolute Gasteiger partial charge is 0.381 e. The molecule has 1 unspecified atom stereocenters. The highest BCUT2D eigenvalue weighted by molar-refractivity contribution is 7.80. The van der Waals surface area contributed by atoms with Crippen molar-refractivity contribution in [3.8, 4) is 0 Å². The minimum atomic E-state index is 0.385.